The summed E-state index contributed by atoms with van der Waals surface area (Å²) in [5.74, 6) is 0.786. The van der Waals surface area contributed by atoms with E-state index in [1.807, 2.05) is 5.51 Å². The van der Waals surface area contributed by atoms with Gasteiger partial charge in [-0.15, -0.1) is 11.3 Å². The normalized spacial score (nSPS) is 13.4. The maximum Gasteiger partial charge on any atom is 0.0795 e. The molecule has 0 aromatic carbocycles. The van der Waals surface area contributed by atoms with Crippen molar-refractivity contribution in [3.05, 3.63) is 16.6 Å². The first kappa shape index (κ1) is 11.7. The lowest BCUT2D eigenvalue weighted by Gasteiger charge is -2.22. The summed E-state index contributed by atoms with van der Waals surface area (Å²) >= 11 is 1.66. The fraction of sp³-hybridized carbons (Fsp3) is 0.727. The van der Waals surface area contributed by atoms with E-state index >= 15 is 0 Å². The third-order valence-electron chi connectivity index (χ3n) is 2.84. The number of nitrogens with zero attached hydrogens (tertiary/aromatic N) is 1. The van der Waals surface area contributed by atoms with Crippen molar-refractivity contribution in [1.29, 1.82) is 0 Å². The van der Waals surface area contributed by atoms with Gasteiger partial charge in [0.2, 0.25) is 0 Å². The lowest BCUT2D eigenvalue weighted by atomic mass is 9.95. The molecule has 80 valence electrons. The van der Waals surface area contributed by atoms with E-state index in [2.05, 4.69) is 36.5 Å². The molecular weight excluding hydrogens is 192 g/mol. The van der Waals surface area contributed by atoms with Gasteiger partial charge in [0.05, 0.1) is 11.2 Å². The molecule has 0 aliphatic heterocycles. The molecule has 0 saturated heterocycles. The van der Waals surface area contributed by atoms with E-state index < -0.39 is 0 Å². The fourth-order valence-corrected chi connectivity index (χ4v) is 2.31. The molecule has 1 heterocycles. The topological polar surface area (TPSA) is 24.9 Å². The first-order valence-electron chi connectivity index (χ1n) is 5.38. The second-order valence-electron chi connectivity index (χ2n) is 3.73. The van der Waals surface area contributed by atoms with Gasteiger partial charge in [0.15, 0.2) is 0 Å². The first-order valence-corrected chi connectivity index (χ1v) is 6.32. The second-order valence-corrected chi connectivity index (χ2v) is 4.44. The highest BCUT2D eigenvalue weighted by Gasteiger charge is 2.12. The number of thiazole rings is 1. The van der Waals surface area contributed by atoms with Crippen LogP contribution in [0.3, 0.4) is 0 Å². The number of aromatic nitrogens is 1. The van der Waals surface area contributed by atoms with Gasteiger partial charge in [-0.1, -0.05) is 26.7 Å². The molecule has 1 aromatic rings. The average Bonchev–Trinajstić information content (AvgIpc) is 2.69. The van der Waals surface area contributed by atoms with Gasteiger partial charge in [-0.3, -0.25) is 0 Å². The lowest BCUT2D eigenvalue weighted by Crippen LogP contribution is -2.32. The van der Waals surface area contributed by atoms with Crippen LogP contribution < -0.4 is 5.32 Å². The van der Waals surface area contributed by atoms with E-state index in [0.717, 1.165) is 18.2 Å². The zero-order valence-electron chi connectivity index (χ0n) is 9.29. The maximum atomic E-state index is 4.26. The smallest absolute Gasteiger partial charge is 0.0795 e. The summed E-state index contributed by atoms with van der Waals surface area (Å²) in [6.45, 7) is 7.69. The Morgan fingerprint density at radius 3 is 2.64 bits per heavy atom. The van der Waals surface area contributed by atoms with Crippen molar-refractivity contribution in [3.8, 4) is 0 Å². The highest BCUT2D eigenvalue weighted by molar-refractivity contribution is 7.07. The summed E-state index contributed by atoms with van der Waals surface area (Å²) in [5.41, 5.74) is 3.05. The minimum Gasteiger partial charge on any atom is -0.308 e. The highest BCUT2D eigenvalue weighted by atomic mass is 32.1. The molecule has 1 N–H and O–H groups in total. The quantitative estimate of drug-likeness (QED) is 0.784. The second kappa shape index (κ2) is 6.14. The SMILES string of the molecule is CCC(CC)C(C)NCc1cscn1. The van der Waals surface area contributed by atoms with Gasteiger partial charge < -0.3 is 5.32 Å². The van der Waals surface area contributed by atoms with E-state index in [9.17, 15) is 0 Å². The van der Waals surface area contributed by atoms with Gasteiger partial charge in [-0.05, 0) is 12.8 Å². The number of hydrogen-bond acceptors (Lipinski definition) is 3. The van der Waals surface area contributed by atoms with Gasteiger partial charge in [0.25, 0.3) is 0 Å². The molecule has 0 spiro atoms. The Hall–Kier alpha value is -0.410. The first-order chi connectivity index (χ1) is 6.77. The Morgan fingerprint density at radius 2 is 2.14 bits per heavy atom. The minimum absolute atomic E-state index is 0.590. The zero-order chi connectivity index (χ0) is 10.4. The van der Waals surface area contributed by atoms with Crippen molar-refractivity contribution < 1.29 is 0 Å². The van der Waals surface area contributed by atoms with Crippen molar-refractivity contribution >= 4 is 11.3 Å². The summed E-state index contributed by atoms with van der Waals surface area (Å²) in [6, 6.07) is 0.590. The van der Waals surface area contributed by atoms with Crippen LogP contribution in [0.5, 0.6) is 0 Å². The molecule has 0 aliphatic carbocycles. The van der Waals surface area contributed by atoms with Crippen LogP contribution in [0.4, 0.5) is 0 Å². The van der Waals surface area contributed by atoms with Crippen LogP contribution in [-0.2, 0) is 6.54 Å². The van der Waals surface area contributed by atoms with E-state index in [4.69, 9.17) is 0 Å². The Morgan fingerprint density at radius 1 is 1.43 bits per heavy atom. The molecule has 1 rings (SSSR count). The molecule has 1 aromatic heterocycles. The summed E-state index contributed by atoms with van der Waals surface area (Å²) < 4.78 is 0. The summed E-state index contributed by atoms with van der Waals surface area (Å²) in [5, 5.41) is 5.63. The molecule has 2 nitrogen and oxygen atoms in total. The van der Waals surface area contributed by atoms with Crippen molar-refractivity contribution in [2.45, 2.75) is 46.2 Å². The maximum absolute atomic E-state index is 4.26. The van der Waals surface area contributed by atoms with Crippen LogP contribution in [0.15, 0.2) is 10.9 Å². The largest absolute Gasteiger partial charge is 0.308 e. The van der Waals surface area contributed by atoms with Crippen molar-refractivity contribution in [2.75, 3.05) is 0 Å². The molecule has 0 bridgehead atoms. The molecule has 0 radical (unpaired) electrons. The van der Waals surface area contributed by atoms with Crippen LogP contribution >= 0.6 is 11.3 Å². The van der Waals surface area contributed by atoms with Crippen LogP contribution in [-0.4, -0.2) is 11.0 Å². The summed E-state index contributed by atoms with van der Waals surface area (Å²) in [6.07, 6.45) is 2.50. The Labute approximate surface area is 90.8 Å². The van der Waals surface area contributed by atoms with Crippen molar-refractivity contribution in [2.24, 2.45) is 5.92 Å². The van der Waals surface area contributed by atoms with Crippen molar-refractivity contribution in [1.82, 2.24) is 10.3 Å². The molecule has 1 atom stereocenters. The van der Waals surface area contributed by atoms with Gasteiger partial charge in [0, 0.05) is 18.0 Å². The molecule has 0 amide bonds. The molecule has 0 aliphatic rings. The monoisotopic (exact) mass is 212 g/mol. The van der Waals surface area contributed by atoms with E-state index in [1.54, 1.807) is 11.3 Å². The number of rotatable bonds is 6. The predicted molar refractivity (Wildman–Crippen MR) is 62.5 cm³/mol. The van der Waals surface area contributed by atoms with Crippen LogP contribution in [0.2, 0.25) is 0 Å². The molecular formula is C11H20N2S. The standard InChI is InChI=1S/C11H20N2S/c1-4-10(5-2)9(3)12-6-11-7-14-8-13-11/h7-10,12H,4-6H2,1-3H3. The van der Waals surface area contributed by atoms with E-state index in [-0.39, 0.29) is 0 Å². The minimum atomic E-state index is 0.590. The van der Waals surface area contributed by atoms with E-state index in [0.29, 0.717) is 6.04 Å². The molecule has 0 fully saturated rings. The number of nitrogens with one attached hydrogen (secondary N) is 1. The Balaban J connectivity index is 2.30. The van der Waals surface area contributed by atoms with Gasteiger partial charge in [0.1, 0.15) is 0 Å². The van der Waals surface area contributed by atoms with Gasteiger partial charge in [-0.2, -0.15) is 0 Å². The zero-order valence-corrected chi connectivity index (χ0v) is 10.1. The lowest BCUT2D eigenvalue weighted by molar-refractivity contribution is 0.352. The van der Waals surface area contributed by atoms with Crippen LogP contribution in [0.1, 0.15) is 39.3 Å². The third-order valence-corrected chi connectivity index (χ3v) is 3.48. The highest BCUT2D eigenvalue weighted by Crippen LogP contribution is 2.13. The number of hydrogen-bond donors (Lipinski definition) is 1. The third kappa shape index (κ3) is 3.39. The predicted octanol–water partition coefficient (Wildman–Crippen LogP) is 3.06. The Kier molecular flexibility index (Phi) is 5.12. The fourth-order valence-electron chi connectivity index (χ4n) is 1.75. The Bertz CT molecular complexity index is 229. The average molecular weight is 212 g/mol. The molecule has 0 saturated carbocycles. The van der Waals surface area contributed by atoms with Gasteiger partial charge in [-0.25, -0.2) is 4.98 Å². The van der Waals surface area contributed by atoms with Crippen molar-refractivity contribution in [3.63, 3.8) is 0 Å². The summed E-state index contributed by atoms with van der Waals surface area (Å²) in [4.78, 5) is 4.26. The molecule has 1 unspecified atom stereocenters. The van der Waals surface area contributed by atoms with Gasteiger partial charge >= 0.3 is 0 Å². The van der Waals surface area contributed by atoms with Crippen LogP contribution in [0, 0.1) is 5.92 Å². The van der Waals surface area contributed by atoms with E-state index in [1.165, 1.54) is 12.8 Å². The summed E-state index contributed by atoms with van der Waals surface area (Å²) in [7, 11) is 0. The van der Waals surface area contributed by atoms with Crippen LogP contribution in [0.25, 0.3) is 0 Å². The molecule has 14 heavy (non-hydrogen) atoms. The molecule has 3 heteroatoms.